The van der Waals surface area contributed by atoms with Gasteiger partial charge >= 0.3 is 12.1 Å². The van der Waals surface area contributed by atoms with Crippen LogP contribution in [-0.2, 0) is 0 Å². The summed E-state index contributed by atoms with van der Waals surface area (Å²) in [5.41, 5.74) is 0.398. The van der Waals surface area contributed by atoms with Gasteiger partial charge < -0.3 is 14.2 Å². The fourth-order valence-corrected chi connectivity index (χ4v) is 4.12. The highest BCUT2D eigenvalue weighted by Crippen LogP contribution is 2.33. The fraction of sp³-hybridized carbons (Fsp3) is 0.581. The fourth-order valence-electron chi connectivity index (χ4n) is 4.12. The van der Waals surface area contributed by atoms with Gasteiger partial charge in [-0.05, 0) is 67.8 Å². The Bertz CT molecular complexity index is 895. The zero-order chi connectivity index (χ0) is 27.6. The Balaban J connectivity index is 1.69. The van der Waals surface area contributed by atoms with Crippen LogP contribution in [0.1, 0.15) is 101 Å². The van der Waals surface area contributed by atoms with Gasteiger partial charge in [0.15, 0.2) is 0 Å². The Hall–Kier alpha value is -2.70. The van der Waals surface area contributed by atoms with E-state index in [1.807, 2.05) is 6.92 Å². The summed E-state index contributed by atoms with van der Waals surface area (Å²) >= 11 is 0. The van der Waals surface area contributed by atoms with Crippen molar-refractivity contribution in [2.24, 2.45) is 5.92 Å². The first kappa shape index (κ1) is 31.5. The van der Waals surface area contributed by atoms with Crippen molar-refractivity contribution in [1.82, 2.24) is 0 Å². The molecule has 0 saturated heterocycles. The van der Waals surface area contributed by atoms with Gasteiger partial charge in [-0.2, -0.15) is 13.2 Å². The van der Waals surface area contributed by atoms with Gasteiger partial charge in [0.05, 0.1) is 24.7 Å². The summed E-state index contributed by atoms with van der Waals surface area (Å²) in [5.74, 6) is -0.386. The number of halogens is 3. The lowest BCUT2D eigenvalue weighted by molar-refractivity contribution is -0.179. The van der Waals surface area contributed by atoms with Crippen molar-refractivity contribution >= 4 is 5.97 Å². The van der Waals surface area contributed by atoms with E-state index in [-0.39, 0.29) is 19.4 Å². The normalized spacial score (nSPS) is 12.2. The van der Waals surface area contributed by atoms with Crippen LogP contribution in [0.5, 0.6) is 17.2 Å². The number of carbonyl (C=O) groups excluding carboxylic acids is 1. The smallest absolute Gasteiger partial charge is 0.391 e. The summed E-state index contributed by atoms with van der Waals surface area (Å²) in [6.45, 7) is 4.73. The van der Waals surface area contributed by atoms with Gasteiger partial charge in [0.2, 0.25) is 0 Å². The molecule has 0 aliphatic heterocycles. The second kappa shape index (κ2) is 17.7. The zero-order valence-electron chi connectivity index (χ0n) is 22.9. The number of esters is 1. The van der Waals surface area contributed by atoms with E-state index in [0.29, 0.717) is 35.8 Å². The van der Waals surface area contributed by atoms with Crippen LogP contribution in [0.3, 0.4) is 0 Å². The molecule has 7 heteroatoms. The van der Waals surface area contributed by atoms with E-state index < -0.39 is 18.1 Å². The number of ether oxygens (including phenoxy) is 3. The van der Waals surface area contributed by atoms with E-state index in [9.17, 15) is 18.0 Å². The van der Waals surface area contributed by atoms with Crippen molar-refractivity contribution in [2.75, 3.05) is 13.2 Å². The average molecular weight is 537 g/mol. The molecule has 0 aromatic heterocycles. The molecule has 1 unspecified atom stereocenters. The molecule has 0 fully saturated rings. The molecule has 0 aliphatic rings. The molecule has 4 nitrogen and oxygen atoms in total. The Kier molecular flexibility index (Phi) is 14.7. The number of carbonyl (C=O) groups is 1. The van der Waals surface area contributed by atoms with E-state index in [0.717, 1.165) is 19.3 Å². The highest BCUT2D eigenvalue weighted by Gasteiger charge is 2.38. The number of hydrogen-bond donors (Lipinski definition) is 0. The van der Waals surface area contributed by atoms with Gasteiger partial charge in [-0.3, -0.25) is 0 Å². The minimum Gasteiger partial charge on any atom is -0.494 e. The maximum absolute atomic E-state index is 13.1. The lowest BCUT2D eigenvalue weighted by Crippen LogP contribution is -2.24. The molecule has 2 rings (SSSR count). The Morgan fingerprint density at radius 2 is 1.16 bits per heavy atom. The Morgan fingerprint density at radius 3 is 1.74 bits per heavy atom. The third kappa shape index (κ3) is 12.7. The summed E-state index contributed by atoms with van der Waals surface area (Å²) in [6, 6.07) is 13.1. The molecular weight excluding hydrogens is 493 g/mol. The lowest BCUT2D eigenvalue weighted by atomic mass is 9.98. The third-order valence-corrected chi connectivity index (χ3v) is 6.50. The molecule has 38 heavy (non-hydrogen) atoms. The van der Waals surface area contributed by atoms with Crippen LogP contribution in [0.4, 0.5) is 13.2 Å². The molecule has 212 valence electrons. The molecule has 0 amide bonds. The first-order chi connectivity index (χ1) is 18.3. The molecular formula is C31H43F3O4. The predicted octanol–water partition coefficient (Wildman–Crippen LogP) is 9.56. The molecule has 2 aromatic carbocycles. The maximum Gasteiger partial charge on any atom is 0.391 e. The largest absolute Gasteiger partial charge is 0.494 e. The first-order valence-electron chi connectivity index (χ1n) is 14.1. The third-order valence-electron chi connectivity index (χ3n) is 6.50. The van der Waals surface area contributed by atoms with Crippen LogP contribution < -0.4 is 14.2 Å². The van der Waals surface area contributed by atoms with Gasteiger partial charge in [0, 0.05) is 0 Å². The van der Waals surface area contributed by atoms with E-state index in [1.54, 1.807) is 48.5 Å². The summed E-state index contributed by atoms with van der Waals surface area (Å²) in [5, 5.41) is 0. The molecule has 0 saturated carbocycles. The maximum atomic E-state index is 13.1. The van der Waals surface area contributed by atoms with Crippen molar-refractivity contribution < 1.29 is 32.2 Å². The standard InChI is InChI=1S/C31H43F3O4/c1-3-5-7-8-9-10-11-12-23-36-27-16-14-25(15-17-27)30(35)38-29-20-18-28(19-21-29)37-24-22-26(13-6-4-2)31(32,33)34/h14-21,26H,3-13,22-24H2,1-2H3. The van der Waals surface area contributed by atoms with Gasteiger partial charge in [-0.15, -0.1) is 0 Å². The Labute approximate surface area is 225 Å². The van der Waals surface area contributed by atoms with Crippen LogP contribution in [0, 0.1) is 5.92 Å². The highest BCUT2D eigenvalue weighted by molar-refractivity contribution is 5.91. The molecule has 0 heterocycles. The van der Waals surface area contributed by atoms with Gasteiger partial charge in [0.25, 0.3) is 0 Å². The van der Waals surface area contributed by atoms with Gasteiger partial charge in [-0.25, -0.2) is 4.79 Å². The van der Waals surface area contributed by atoms with E-state index in [4.69, 9.17) is 14.2 Å². The second-order valence-corrected chi connectivity index (χ2v) is 9.73. The minimum atomic E-state index is -4.21. The average Bonchev–Trinajstić information content (AvgIpc) is 2.90. The quantitative estimate of drug-likeness (QED) is 0.102. The van der Waals surface area contributed by atoms with E-state index >= 15 is 0 Å². The number of unbranched alkanes of at least 4 members (excludes halogenated alkanes) is 8. The highest BCUT2D eigenvalue weighted by atomic mass is 19.4. The summed E-state index contributed by atoms with van der Waals surface area (Å²) in [4.78, 5) is 12.5. The van der Waals surface area contributed by atoms with E-state index in [2.05, 4.69) is 6.92 Å². The van der Waals surface area contributed by atoms with Crippen LogP contribution in [0.15, 0.2) is 48.5 Å². The number of hydrogen-bond acceptors (Lipinski definition) is 4. The van der Waals surface area contributed by atoms with Gasteiger partial charge in [0.1, 0.15) is 17.2 Å². The van der Waals surface area contributed by atoms with Crippen LogP contribution in [0.25, 0.3) is 0 Å². The molecule has 0 radical (unpaired) electrons. The second-order valence-electron chi connectivity index (χ2n) is 9.73. The topological polar surface area (TPSA) is 44.8 Å². The lowest BCUT2D eigenvalue weighted by Gasteiger charge is -2.20. The summed E-state index contributed by atoms with van der Waals surface area (Å²) in [7, 11) is 0. The Morgan fingerprint density at radius 1 is 0.658 bits per heavy atom. The van der Waals surface area contributed by atoms with Crippen LogP contribution in [0.2, 0.25) is 0 Å². The van der Waals surface area contributed by atoms with Crippen molar-refractivity contribution in [1.29, 1.82) is 0 Å². The molecule has 0 aliphatic carbocycles. The predicted molar refractivity (Wildman–Crippen MR) is 145 cm³/mol. The molecule has 1 atom stereocenters. The van der Waals surface area contributed by atoms with Crippen molar-refractivity contribution in [3.05, 3.63) is 54.1 Å². The molecule has 2 aromatic rings. The number of alkyl halides is 3. The molecule has 0 spiro atoms. The summed E-state index contributed by atoms with van der Waals surface area (Å²) < 4.78 is 56.1. The minimum absolute atomic E-state index is 0.0273. The summed E-state index contributed by atoms with van der Waals surface area (Å²) in [6.07, 6.45) is 7.02. The van der Waals surface area contributed by atoms with Crippen molar-refractivity contribution in [3.63, 3.8) is 0 Å². The van der Waals surface area contributed by atoms with Crippen molar-refractivity contribution in [3.8, 4) is 17.2 Å². The van der Waals surface area contributed by atoms with Crippen molar-refractivity contribution in [2.45, 2.75) is 97.1 Å². The number of rotatable bonds is 19. The molecule has 0 bridgehead atoms. The monoisotopic (exact) mass is 536 g/mol. The SMILES string of the molecule is CCCCCCCCCCOc1ccc(C(=O)Oc2ccc(OCCC(CCCC)C(F)(F)F)cc2)cc1. The first-order valence-corrected chi connectivity index (χ1v) is 14.1. The number of benzene rings is 2. The van der Waals surface area contributed by atoms with Gasteiger partial charge in [-0.1, -0.05) is 71.6 Å². The molecule has 0 N–H and O–H groups in total. The van der Waals surface area contributed by atoms with Crippen LogP contribution in [-0.4, -0.2) is 25.4 Å². The zero-order valence-corrected chi connectivity index (χ0v) is 22.9. The van der Waals surface area contributed by atoms with E-state index in [1.165, 1.54) is 38.5 Å². The van der Waals surface area contributed by atoms with Crippen LogP contribution >= 0.6 is 0 Å².